The minimum absolute atomic E-state index is 0.0199. The zero-order valence-corrected chi connectivity index (χ0v) is 20.7. The minimum Gasteiger partial charge on any atom is -0.497 e. The lowest BCUT2D eigenvalue weighted by Crippen LogP contribution is -2.30. The van der Waals surface area contributed by atoms with E-state index in [1.165, 1.54) is 37.0 Å². The van der Waals surface area contributed by atoms with E-state index in [1.54, 1.807) is 43.5 Å². The van der Waals surface area contributed by atoms with Crippen LogP contribution in [0.3, 0.4) is 0 Å². The Morgan fingerprint density at radius 2 is 1.63 bits per heavy atom. The highest BCUT2D eigenvalue weighted by atomic mass is 32.2. The molecule has 1 heterocycles. The number of hydrogen-bond donors (Lipinski definition) is 2. The first-order valence-corrected chi connectivity index (χ1v) is 13.3. The molecular formula is C27H31N3O4S. The number of piperidine rings is 1. The molecule has 7 nitrogen and oxygen atoms in total. The topological polar surface area (TPSA) is 87.7 Å². The van der Waals surface area contributed by atoms with Crippen molar-refractivity contribution in [1.82, 2.24) is 10.2 Å². The Bertz CT molecular complexity index is 1250. The summed E-state index contributed by atoms with van der Waals surface area (Å²) in [5.74, 6) is 0.309. The van der Waals surface area contributed by atoms with Crippen LogP contribution < -0.4 is 14.8 Å². The molecule has 0 radical (unpaired) electrons. The summed E-state index contributed by atoms with van der Waals surface area (Å²) >= 11 is 0. The van der Waals surface area contributed by atoms with E-state index in [0.29, 0.717) is 18.0 Å². The largest absolute Gasteiger partial charge is 0.497 e. The molecular weight excluding hydrogens is 462 g/mol. The van der Waals surface area contributed by atoms with Crippen LogP contribution in [-0.2, 0) is 23.1 Å². The second-order valence-corrected chi connectivity index (χ2v) is 10.3. The molecule has 0 bridgehead atoms. The van der Waals surface area contributed by atoms with Crippen LogP contribution in [0.2, 0.25) is 0 Å². The van der Waals surface area contributed by atoms with Crippen LogP contribution in [0.1, 0.15) is 40.7 Å². The van der Waals surface area contributed by atoms with E-state index < -0.39 is 10.0 Å². The van der Waals surface area contributed by atoms with Crippen molar-refractivity contribution in [3.63, 3.8) is 0 Å². The summed E-state index contributed by atoms with van der Waals surface area (Å²) in [6.45, 7) is 3.46. The summed E-state index contributed by atoms with van der Waals surface area (Å²) in [5.41, 5.74) is 2.97. The van der Waals surface area contributed by atoms with Gasteiger partial charge >= 0.3 is 0 Å². The zero-order valence-electron chi connectivity index (χ0n) is 19.9. The number of nitrogens with one attached hydrogen (secondary N) is 2. The molecule has 1 amide bonds. The van der Waals surface area contributed by atoms with Crippen LogP contribution in [0, 0.1) is 0 Å². The number of carbonyl (C=O) groups is 1. The summed E-state index contributed by atoms with van der Waals surface area (Å²) in [6.07, 6.45) is 3.75. The molecule has 1 saturated heterocycles. The molecule has 184 valence electrons. The number of amides is 1. The van der Waals surface area contributed by atoms with Gasteiger partial charge in [-0.15, -0.1) is 0 Å². The fourth-order valence-electron chi connectivity index (χ4n) is 4.20. The number of rotatable bonds is 9. The Labute approximate surface area is 207 Å². The van der Waals surface area contributed by atoms with E-state index in [2.05, 4.69) is 21.0 Å². The molecule has 2 N–H and O–H groups in total. The van der Waals surface area contributed by atoms with Crippen LogP contribution in [0.25, 0.3) is 0 Å². The minimum atomic E-state index is -3.86. The van der Waals surface area contributed by atoms with Crippen molar-refractivity contribution in [2.45, 2.75) is 37.2 Å². The van der Waals surface area contributed by atoms with Crippen molar-refractivity contribution in [2.75, 3.05) is 24.9 Å². The Balaban J connectivity index is 1.42. The molecule has 35 heavy (non-hydrogen) atoms. The second kappa shape index (κ2) is 11.4. The van der Waals surface area contributed by atoms with Crippen LogP contribution in [0.4, 0.5) is 5.69 Å². The summed E-state index contributed by atoms with van der Waals surface area (Å²) in [6, 6.07) is 20.8. The maximum atomic E-state index is 12.9. The van der Waals surface area contributed by atoms with Gasteiger partial charge in [-0.1, -0.05) is 36.8 Å². The van der Waals surface area contributed by atoms with E-state index in [4.69, 9.17) is 4.74 Å². The van der Waals surface area contributed by atoms with Gasteiger partial charge in [-0.2, -0.15) is 0 Å². The summed E-state index contributed by atoms with van der Waals surface area (Å²) in [5, 5.41) is 2.95. The molecule has 3 aromatic rings. The van der Waals surface area contributed by atoms with Crippen molar-refractivity contribution < 1.29 is 17.9 Å². The van der Waals surface area contributed by atoms with Gasteiger partial charge in [0.25, 0.3) is 15.9 Å². The number of carbonyl (C=O) groups excluding carboxylic acids is 1. The summed E-state index contributed by atoms with van der Waals surface area (Å²) < 4.78 is 33.4. The lowest BCUT2D eigenvalue weighted by molar-refractivity contribution is 0.0950. The van der Waals surface area contributed by atoms with Crippen molar-refractivity contribution in [3.8, 4) is 5.75 Å². The molecule has 0 atom stereocenters. The zero-order chi connectivity index (χ0) is 24.7. The van der Waals surface area contributed by atoms with Gasteiger partial charge in [-0.25, -0.2) is 8.42 Å². The molecule has 1 aliphatic heterocycles. The molecule has 0 spiro atoms. The second-order valence-electron chi connectivity index (χ2n) is 8.65. The normalized spacial score (nSPS) is 14.3. The molecule has 3 aromatic carbocycles. The molecule has 0 aromatic heterocycles. The molecule has 8 heteroatoms. The van der Waals surface area contributed by atoms with Gasteiger partial charge in [-0.05, 0) is 79.5 Å². The van der Waals surface area contributed by atoms with E-state index in [-0.39, 0.29) is 16.4 Å². The quantitative estimate of drug-likeness (QED) is 0.461. The third kappa shape index (κ3) is 6.61. The average molecular weight is 494 g/mol. The van der Waals surface area contributed by atoms with Gasteiger partial charge < -0.3 is 10.1 Å². The van der Waals surface area contributed by atoms with Crippen molar-refractivity contribution in [3.05, 3.63) is 89.5 Å². The molecule has 1 aliphatic rings. The van der Waals surface area contributed by atoms with Crippen molar-refractivity contribution in [1.29, 1.82) is 0 Å². The monoisotopic (exact) mass is 493 g/mol. The third-order valence-corrected chi connectivity index (χ3v) is 7.53. The van der Waals surface area contributed by atoms with E-state index in [1.807, 2.05) is 18.2 Å². The highest BCUT2D eigenvalue weighted by Crippen LogP contribution is 2.20. The maximum Gasteiger partial charge on any atom is 0.261 e. The molecule has 0 aliphatic carbocycles. The predicted molar refractivity (Wildman–Crippen MR) is 137 cm³/mol. The van der Waals surface area contributed by atoms with Crippen LogP contribution >= 0.6 is 0 Å². The predicted octanol–water partition coefficient (Wildman–Crippen LogP) is 4.41. The standard InChI is InChI=1S/C27H31N3O4S/c1-34-25-14-12-24(13-15-25)29-35(32,33)26-11-7-10-21(18-26)27(31)28-19-22-8-3-4-9-23(22)20-30-16-5-2-6-17-30/h3-4,7-15,18,29H,2,5-6,16-17,19-20H2,1H3,(H,28,31). The first kappa shape index (κ1) is 24.8. The molecule has 1 fully saturated rings. The Morgan fingerprint density at radius 3 is 2.34 bits per heavy atom. The highest BCUT2D eigenvalue weighted by Gasteiger charge is 2.17. The fraction of sp³-hybridized carbons (Fsp3) is 0.296. The summed E-state index contributed by atoms with van der Waals surface area (Å²) in [4.78, 5) is 15.3. The van der Waals surface area contributed by atoms with E-state index in [9.17, 15) is 13.2 Å². The number of likely N-dealkylation sites (tertiary alicyclic amines) is 1. The van der Waals surface area contributed by atoms with Gasteiger partial charge in [0.2, 0.25) is 0 Å². The number of nitrogens with zero attached hydrogens (tertiary/aromatic N) is 1. The Hall–Kier alpha value is -3.36. The number of sulfonamides is 1. The van der Waals surface area contributed by atoms with Gasteiger partial charge in [-0.3, -0.25) is 14.4 Å². The number of methoxy groups -OCH3 is 1. The van der Waals surface area contributed by atoms with E-state index in [0.717, 1.165) is 25.2 Å². The smallest absolute Gasteiger partial charge is 0.261 e. The van der Waals surface area contributed by atoms with Gasteiger partial charge in [0.1, 0.15) is 5.75 Å². The first-order valence-electron chi connectivity index (χ1n) is 11.8. The Morgan fingerprint density at radius 1 is 0.914 bits per heavy atom. The van der Waals surface area contributed by atoms with Crippen molar-refractivity contribution >= 4 is 21.6 Å². The SMILES string of the molecule is COc1ccc(NS(=O)(=O)c2cccc(C(=O)NCc3ccccc3CN3CCCCC3)c2)cc1. The lowest BCUT2D eigenvalue weighted by atomic mass is 10.0. The van der Waals surface area contributed by atoms with Crippen LogP contribution in [0.15, 0.2) is 77.7 Å². The lowest BCUT2D eigenvalue weighted by Gasteiger charge is -2.27. The van der Waals surface area contributed by atoms with Gasteiger partial charge in [0, 0.05) is 24.3 Å². The van der Waals surface area contributed by atoms with Gasteiger partial charge in [0.15, 0.2) is 0 Å². The average Bonchev–Trinajstić information content (AvgIpc) is 2.89. The highest BCUT2D eigenvalue weighted by molar-refractivity contribution is 7.92. The number of anilines is 1. The van der Waals surface area contributed by atoms with Crippen LogP contribution in [0.5, 0.6) is 5.75 Å². The number of hydrogen-bond acceptors (Lipinski definition) is 5. The number of benzene rings is 3. The van der Waals surface area contributed by atoms with E-state index >= 15 is 0 Å². The fourth-order valence-corrected chi connectivity index (χ4v) is 5.30. The molecule has 0 saturated carbocycles. The molecule has 4 rings (SSSR count). The summed E-state index contributed by atoms with van der Waals surface area (Å²) in [7, 11) is -2.31. The number of ether oxygens (including phenoxy) is 1. The van der Waals surface area contributed by atoms with Crippen LogP contribution in [-0.4, -0.2) is 39.4 Å². The van der Waals surface area contributed by atoms with Gasteiger partial charge in [0.05, 0.1) is 12.0 Å². The third-order valence-electron chi connectivity index (χ3n) is 6.15. The van der Waals surface area contributed by atoms with Crippen molar-refractivity contribution in [2.24, 2.45) is 0 Å². The first-order chi connectivity index (χ1) is 16.9. The Kier molecular flexibility index (Phi) is 8.05. The molecule has 0 unspecified atom stereocenters. The maximum absolute atomic E-state index is 12.9.